The minimum absolute atomic E-state index is 0.401. The van der Waals surface area contributed by atoms with Gasteiger partial charge in [-0.3, -0.25) is 9.08 Å². The second kappa shape index (κ2) is 5.63. The van der Waals surface area contributed by atoms with Gasteiger partial charge in [0.25, 0.3) is 0 Å². The lowest BCUT2D eigenvalue weighted by Gasteiger charge is -2.08. The highest BCUT2D eigenvalue weighted by atomic mass is 19.1. The van der Waals surface area contributed by atoms with Gasteiger partial charge < -0.3 is 10.3 Å². The first-order valence-electron chi connectivity index (χ1n) is 8.33. The summed E-state index contributed by atoms with van der Waals surface area (Å²) in [4.78, 5) is 16.4. The van der Waals surface area contributed by atoms with Gasteiger partial charge in [-0.25, -0.2) is 19.3 Å². The summed E-state index contributed by atoms with van der Waals surface area (Å²) in [6, 6.07) is 3.37. The van der Waals surface area contributed by atoms with Crippen LogP contribution >= 0.6 is 0 Å². The fraction of sp³-hybridized carbons (Fsp3) is 0.111. The largest absolute Gasteiger partial charge is 0.372 e. The molecule has 0 saturated carbocycles. The number of H-pyrrole nitrogens is 1. The first kappa shape index (κ1) is 15.5. The molecule has 0 bridgehead atoms. The number of nitrogens with zero attached hydrogens (tertiary/aromatic N) is 6. The minimum atomic E-state index is -0.401. The Labute approximate surface area is 152 Å². The lowest BCUT2D eigenvalue weighted by Crippen LogP contribution is -2.00. The Kier molecular flexibility index (Phi) is 3.23. The normalized spacial score (nSPS) is 11.5. The number of halogens is 1. The number of hydrogen-bond donors (Lipinski definition) is 2. The molecule has 0 spiro atoms. The van der Waals surface area contributed by atoms with Gasteiger partial charge in [-0.1, -0.05) is 0 Å². The molecule has 0 radical (unpaired) electrons. The van der Waals surface area contributed by atoms with Crippen molar-refractivity contribution in [3.05, 3.63) is 48.9 Å². The molecule has 0 aliphatic rings. The van der Waals surface area contributed by atoms with Crippen LogP contribution in [-0.2, 0) is 7.05 Å². The van der Waals surface area contributed by atoms with Crippen LogP contribution in [0.2, 0.25) is 0 Å². The first-order valence-corrected chi connectivity index (χ1v) is 8.33. The van der Waals surface area contributed by atoms with Crippen molar-refractivity contribution in [3.63, 3.8) is 0 Å². The van der Waals surface area contributed by atoms with E-state index in [1.807, 2.05) is 29.9 Å². The van der Waals surface area contributed by atoms with E-state index in [0.29, 0.717) is 28.2 Å². The Morgan fingerprint density at radius 1 is 1.22 bits per heavy atom. The maximum Gasteiger partial charge on any atom is 0.164 e. The van der Waals surface area contributed by atoms with Crippen molar-refractivity contribution in [1.29, 1.82) is 0 Å². The highest BCUT2D eigenvalue weighted by molar-refractivity contribution is 5.96. The first-order chi connectivity index (χ1) is 13.1. The highest BCUT2D eigenvalue weighted by Gasteiger charge is 2.18. The van der Waals surface area contributed by atoms with E-state index in [1.165, 1.54) is 12.3 Å². The minimum Gasteiger partial charge on any atom is -0.372 e. The summed E-state index contributed by atoms with van der Waals surface area (Å²) in [5, 5.41) is 8.18. The van der Waals surface area contributed by atoms with Crippen LogP contribution in [0.4, 0.5) is 10.2 Å². The fourth-order valence-electron chi connectivity index (χ4n) is 3.20. The molecule has 5 heterocycles. The average molecular weight is 362 g/mol. The summed E-state index contributed by atoms with van der Waals surface area (Å²) < 4.78 is 17.4. The third-order valence-electron chi connectivity index (χ3n) is 4.48. The Morgan fingerprint density at radius 3 is 2.89 bits per heavy atom. The van der Waals surface area contributed by atoms with E-state index in [2.05, 4.69) is 30.4 Å². The van der Waals surface area contributed by atoms with E-state index in [4.69, 9.17) is 0 Å². The van der Waals surface area contributed by atoms with Gasteiger partial charge >= 0.3 is 0 Å². The Hall–Kier alpha value is -3.75. The molecule has 2 N–H and O–H groups in total. The molecule has 0 atom stereocenters. The maximum atomic E-state index is 13.8. The average Bonchev–Trinajstić information content (AvgIpc) is 3.38. The zero-order valence-corrected chi connectivity index (χ0v) is 14.6. The number of pyridine rings is 1. The standard InChI is InChI=1S/C18H15FN8/c1-20-15-9-27-14(13-3-4-26(2)25-13)8-23-18(27)16(24-15)12-7-22-17-11(12)5-10(19)6-21-17/h3-9,20H,1-2H3,(H,21,22). The second-order valence-corrected chi connectivity index (χ2v) is 6.19. The van der Waals surface area contributed by atoms with Crippen molar-refractivity contribution in [2.45, 2.75) is 0 Å². The molecule has 134 valence electrons. The summed E-state index contributed by atoms with van der Waals surface area (Å²) in [7, 11) is 3.66. The molecular weight excluding hydrogens is 347 g/mol. The van der Waals surface area contributed by atoms with E-state index >= 15 is 0 Å². The maximum absolute atomic E-state index is 13.8. The van der Waals surface area contributed by atoms with Gasteiger partial charge in [0, 0.05) is 37.4 Å². The summed E-state index contributed by atoms with van der Waals surface area (Å²) in [6.07, 6.45) is 8.46. The van der Waals surface area contributed by atoms with Gasteiger partial charge in [0.2, 0.25) is 0 Å². The van der Waals surface area contributed by atoms with Gasteiger partial charge in [-0.15, -0.1) is 0 Å². The third kappa shape index (κ3) is 2.35. The van der Waals surface area contributed by atoms with Crippen molar-refractivity contribution in [3.8, 4) is 22.6 Å². The van der Waals surface area contributed by atoms with Gasteiger partial charge in [-0.2, -0.15) is 5.10 Å². The van der Waals surface area contributed by atoms with Gasteiger partial charge in [0.1, 0.15) is 28.7 Å². The molecule has 0 saturated heterocycles. The molecule has 0 aliphatic heterocycles. The van der Waals surface area contributed by atoms with Crippen molar-refractivity contribution in [2.24, 2.45) is 7.05 Å². The topological polar surface area (TPSA) is 88.7 Å². The number of aryl methyl sites for hydroxylation is 1. The van der Waals surface area contributed by atoms with Crippen LogP contribution in [0, 0.1) is 5.82 Å². The number of hydrogen-bond acceptors (Lipinski definition) is 5. The summed E-state index contributed by atoms with van der Waals surface area (Å²) in [5.74, 6) is 0.257. The van der Waals surface area contributed by atoms with Crippen molar-refractivity contribution < 1.29 is 4.39 Å². The molecule has 27 heavy (non-hydrogen) atoms. The van der Waals surface area contributed by atoms with E-state index in [0.717, 1.165) is 17.0 Å². The highest BCUT2D eigenvalue weighted by Crippen LogP contribution is 2.32. The zero-order chi connectivity index (χ0) is 18.5. The molecule has 8 nitrogen and oxygen atoms in total. The van der Waals surface area contributed by atoms with Gasteiger partial charge in [0.05, 0.1) is 24.3 Å². The summed E-state index contributed by atoms with van der Waals surface area (Å²) in [5.41, 5.74) is 4.25. The number of aromatic nitrogens is 7. The van der Waals surface area contributed by atoms with Crippen molar-refractivity contribution in [2.75, 3.05) is 12.4 Å². The smallest absolute Gasteiger partial charge is 0.164 e. The lowest BCUT2D eigenvalue weighted by molar-refractivity contribution is 0.624. The Balaban J connectivity index is 1.81. The molecule has 5 rings (SSSR count). The predicted molar refractivity (Wildman–Crippen MR) is 99.8 cm³/mol. The van der Waals surface area contributed by atoms with Crippen LogP contribution in [0.1, 0.15) is 0 Å². The zero-order valence-electron chi connectivity index (χ0n) is 14.6. The molecule has 0 amide bonds. The molecule has 0 fully saturated rings. The Bertz CT molecular complexity index is 1300. The van der Waals surface area contributed by atoms with Crippen LogP contribution in [0.5, 0.6) is 0 Å². The van der Waals surface area contributed by atoms with Crippen LogP contribution in [0.25, 0.3) is 39.3 Å². The van der Waals surface area contributed by atoms with E-state index < -0.39 is 5.82 Å². The van der Waals surface area contributed by atoms with Gasteiger partial charge in [-0.05, 0) is 12.1 Å². The molecule has 5 aromatic rings. The molecule has 5 aromatic heterocycles. The molecule has 0 aliphatic carbocycles. The molecular formula is C18H15FN8. The summed E-state index contributed by atoms with van der Waals surface area (Å²) >= 11 is 0. The number of anilines is 1. The molecule has 0 unspecified atom stereocenters. The van der Waals surface area contributed by atoms with Gasteiger partial charge in [0.15, 0.2) is 5.65 Å². The number of nitrogens with one attached hydrogen (secondary N) is 2. The quantitative estimate of drug-likeness (QED) is 0.515. The monoisotopic (exact) mass is 362 g/mol. The van der Waals surface area contributed by atoms with E-state index in [-0.39, 0.29) is 0 Å². The van der Waals surface area contributed by atoms with Crippen LogP contribution in [0.3, 0.4) is 0 Å². The van der Waals surface area contributed by atoms with E-state index in [9.17, 15) is 4.39 Å². The molecule has 9 heteroatoms. The summed E-state index contributed by atoms with van der Waals surface area (Å²) in [6.45, 7) is 0. The third-order valence-corrected chi connectivity index (χ3v) is 4.48. The number of rotatable bonds is 3. The van der Waals surface area contributed by atoms with Crippen LogP contribution < -0.4 is 5.32 Å². The van der Waals surface area contributed by atoms with Crippen LogP contribution in [-0.4, -0.2) is 41.2 Å². The Morgan fingerprint density at radius 2 is 2.11 bits per heavy atom. The number of imidazole rings is 1. The molecule has 0 aromatic carbocycles. The van der Waals surface area contributed by atoms with Crippen LogP contribution in [0.15, 0.2) is 43.1 Å². The predicted octanol–water partition coefficient (Wildman–Crippen LogP) is 2.85. The number of aromatic amines is 1. The SMILES string of the molecule is CNc1cn2c(-c3ccn(C)n3)cnc2c(-c2c[nH]c3ncc(F)cc23)n1. The number of fused-ring (bicyclic) bond motifs is 2. The van der Waals surface area contributed by atoms with Crippen molar-refractivity contribution >= 4 is 22.5 Å². The van der Waals surface area contributed by atoms with E-state index in [1.54, 1.807) is 24.1 Å². The van der Waals surface area contributed by atoms with Crippen molar-refractivity contribution in [1.82, 2.24) is 34.1 Å². The fourth-order valence-corrected chi connectivity index (χ4v) is 3.20. The lowest BCUT2D eigenvalue weighted by atomic mass is 10.1. The second-order valence-electron chi connectivity index (χ2n) is 6.19.